The lowest BCUT2D eigenvalue weighted by Gasteiger charge is -2.33. The van der Waals surface area contributed by atoms with Gasteiger partial charge in [-0.3, -0.25) is 3.96 Å². The Balaban J connectivity index is 2.05. The van der Waals surface area contributed by atoms with Gasteiger partial charge in [-0.05, 0) is 57.5 Å². The van der Waals surface area contributed by atoms with E-state index in [1.54, 1.807) is 17.6 Å². The van der Waals surface area contributed by atoms with E-state index in [9.17, 15) is 5.11 Å². The summed E-state index contributed by atoms with van der Waals surface area (Å²) in [4.78, 5) is 1.19. The maximum absolute atomic E-state index is 10.4. The van der Waals surface area contributed by atoms with Crippen molar-refractivity contribution in [3.05, 3.63) is 57.0 Å². The number of hydrogen-bond acceptors (Lipinski definition) is 4. The maximum Gasteiger partial charge on any atom is 0.140 e. The summed E-state index contributed by atoms with van der Waals surface area (Å²) in [6.45, 7) is 8.44. The normalized spacial score (nSPS) is 14.6. The van der Waals surface area contributed by atoms with Gasteiger partial charge >= 0.3 is 0 Å². The lowest BCUT2D eigenvalue weighted by atomic mass is 9.89. The molecule has 0 spiro atoms. The molecule has 0 aliphatic carbocycles. The summed E-state index contributed by atoms with van der Waals surface area (Å²) in [6, 6.07) is 12.0. The molecule has 0 saturated heterocycles. The van der Waals surface area contributed by atoms with Crippen molar-refractivity contribution >= 4 is 29.4 Å². The second-order valence-corrected chi connectivity index (χ2v) is 8.53. The Kier molecular flexibility index (Phi) is 3.56. The zero-order valence-corrected chi connectivity index (χ0v) is 16.3. The molecule has 1 aliphatic heterocycles. The number of nitrogens with one attached hydrogen (secondary N) is 1. The van der Waals surface area contributed by atoms with Gasteiger partial charge in [0.05, 0.1) is 16.1 Å². The first-order chi connectivity index (χ1) is 11.8. The number of anilines is 1. The van der Waals surface area contributed by atoms with Crippen LogP contribution in [0.1, 0.15) is 29.9 Å². The summed E-state index contributed by atoms with van der Waals surface area (Å²) in [5.41, 5.74) is 6.17. The van der Waals surface area contributed by atoms with Crippen LogP contribution >= 0.6 is 23.8 Å². The van der Waals surface area contributed by atoms with Gasteiger partial charge in [0.2, 0.25) is 0 Å². The molecule has 0 radical (unpaired) electrons. The van der Waals surface area contributed by atoms with Crippen LogP contribution in [-0.2, 0) is 5.54 Å². The number of benzene rings is 2. The first-order valence-electron chi connectivity index (χ1n) is 8.24. The van der Waals surface area contributed by atoms with Gasteiger partial charge < -0.3 is 10.4 Å². The minimum atomic E-state index is -0.222. The van der Waals surface area contributed by atoms with Crippen molar-refractivity contribution in [3.8, 4) is 22.6 Å². The fourth-order valence-corrected chi connectivity index (χ4v) is 5.03. The lowest BCUT2D eigenvalue weighted by molar-refractivity contribution is 0.473. The van der Waals surface area contributed by atoms with E-state index in [2.05, 4.69) is 44.3 Å². The third-order valence-electron chi connectivity index (χ3n) is 4.62. The number of aromatic hydroxyl groups is 1. The smallest absolute Gasteiger partial charge is 0.140 e. The highest BCUT2D eigenvalue weighted by Crippen LogP contribution is 2.48. The van der Waals surface area contributed by atoms with E-state index in [0.29, 0.717) is 0 Å². The van der Waals surface area contributed by atoms with Crippen molar-refractivity contribution in [2.24, 2.45) is 0 Å². The highest BCUT2D eigenvalue weighted by molar-refractivity contribution is 7.71. The van der Waals surface area contributed by atoms with Crippen LogP contribution in [0.2, 0.25) is 0 Å². The molecule has 0 fully saturated rings. The maximum atomic E-state index is 10.4. The Morgan fingerprint density at radius 2 is 1.76 bits per heavy atom. The van der Waals surface area contributed by atoms with Gasteiger partial charge in [0.1, 0.15) is 10.4 Å². The van der Waals surface area contributed by atoms with E-state index in [4.69, 9.17) is 12.2 Å². The van der Waals surface area contributed by atoms with Crippen LogP contribution in [0.3, 0.4) is 0 Å². The average molecular weight is 369 g/mol. The van der Waals surface area contributed by atoms with Crippen molar-refractivity contribution < 1.29 is 5.11 Å². The third-order valence-corrected chi connectivity index (χ3v) is 6.58. The minimum Gasteiger partial charge on any atom is -0.506 e. The Labute approximate surface area is 156 Å². The Hall–Kier alpha value is -2.11. The topological polar surface area (TPSA) is 37.2 Å². The molecule has 25 heavy (non-hydrogen) atoms. The van der Waals surface area contributed by atoms with Gasteiger partial charge in [0, 0.05) is 16.8 Å². The summed E-state index contributed by atoms with van der Waals surface area (Å²) >= 11 is 7.46. The summed E-state index contributed by atoms with van der Waals surface area (Å²) in [5, 5.41) is 14.0. The van der Waals surface area contributed by atoms with Crippen LogP contribution in [0, 0.1) is 18.5 Å². The van der Waals surface area contributed by atoms with Crippen molar-refractivity contribution in [1.29, 1.82) is 0 Å². The third kappa shape index (κ3) is 2.50. The van der Waals surface area contributed by atoms with E-state index in [1.807, 2.05) is 23.0 Å². The average Bonchev–Trinajstić information content (AvgIpc) is 2.89. The summed E-state index contributed by atoms with van der Waals surface area (Å²) in [5.74, 6) is 0.246. The molecule has 3 nitrogen and oxygen atoms in total. The Bertz CT molecular complexity index is 1060. The molecule has 3 aromatic rings. The van der Waals surface area contributed by atoms with Crippen molar-refractivity contribution in [3.63, 3.8) is 0 Å². The van der Waals surface area contributed by atoms with Crippen LogP contribution in [-0.4, -0.2) is 9.06 Å². The molecule has 2 heterocycles. The molecule has 1 aromatic heterocycles. The predicted octanol–water partition coefficient (Wildman–Crippen LogP) is 5.92. The zero-order chi connectivity index (χ0) is 17.9. The fourth-order valence-electron chi connectivity index (χ4n) is 3.36. The van der Waals surface area contributed by atoms with Gasteiger partial charge in [-0.15, -0.1) is 0 Å². The number of rotatable bonds is 1. The molecule has 0 saturated carbocycles. The highest BCUT2D eigenvalue weighted by Gasteiger charge is 2.34. The fraction of sp³-hybridized carbons (Fsp3) is 0.250. The number of fused-ring (bicyclic) bond motifs is 3. The van der Waals surface area contributed by atoms with E-state index in [0.717, 1.165) is 32.7 Å². The van der Waals surface area contributed by atoms with Crippen LogP contribution in [0.15, 0.2) is 36.4 Å². The summed E-state index contributed by atoms with van der Waals surface area (Å²) in [6.07, 6.45) is 0. The highest BCUT2D eigenvalue weighted by atomic mass is 32.1. The molecule has 0 unspecified atom stereocenters. The molecular formula is C20H20N2OS2. The van der Waals surface area contributed by atoms with Gasteiger partial charge in [-0.1, -0.05) is 41.4 Å². The molecule has 2 aromatic carbocycles. The van der Waals surface area contributed by atoms with Gasteiger partial charge in [-0.25, -0.2) is 0 Å². The van der Waals surface area contributed by atoms with Crippen LogP contribution in [0.25, 0.3) is 16.8 Å². The SMILES string of the molecule is Cc1ccc2c(c1)-c1c(sn(-c3cc(C)ccc3O)c1=S)C(C)(C)N2. The van der Waals surface area contributed by atoms with Crippen molar-refractivity contribution in [2.75, 3.05) is 5.32 Å². The molecular weight excluding hydrogens is 348 g/mol. The van der Waals surface area contributed by atoms with Crippen LogP contribution in [0.4, 0.5) is 5.69 Å². The number of hydrogen-bond donors (Lipinski definition) is 2. The Morgan fingerprint density at radius 3 is 2.52 bits per heavy atom. The quantitative estimate of drug-likeness (QED) is 0.524. The number of aromatic nitrogens is 1. The van der Waals surface area contributed by atoms with E-state index in [-0.39, 0.29) is 11.3 Å². The molecule has 1 aliphatic rings. The molecule has 0 atom stereocenters. The minimum absolute atomic E-state index is 0.222. The standard InChI is InChI=1S/C20H20N2OS2/c1-11-5-7-14-13(9-11)17-18(20(3,4)21-14)25-22(19(17)24)15-10-12(2)6-8-16(15)23/h5-10,21,23H,1-4H3. The lowest BCUT2D eigenvalue weighted by Crippen LogP contribution is -2.30. The van der Waals surface area contributed by atoms with E-state index >= 15 is 0 Å². The van der Waals surface area contributed by atoms with Gasteiger partial charge in [0.15, 0.2) is 0 Å². The molecule has 4 rings (SSSR count). The van der Waals surface area contributed by atoms with Crippen LogP contribution < -0.4 is 5.32 Å². The largest absolute Gasteiger partial charge is 0.506 e. The molecule has 0 amide bonds. The van der Waals surface area contributed by atoms with Crippen molar-refractivity contribution in [2.45, 2.75) is 33.2 Å². The summed E-state index contributed by atoms with van der Waals surface area (Å²) in [7, 11) is 0. The predicted molar refractivity (Wildman–Crippen MR) is 108 cm³/mol. The number of nitrogens with zero attached hydrogens (tertiary/aromatic N) is 1. The molecule has 2 N–H and O–H groups in total. The summed E-state index contributed by atoms with van der Waals surface area (Å²) < 4.78 is 2.73. The molecule has 0 bridgehead atoms. The van der Waals surface area contributed by atoms with Gasteiger partial charge in [-0.2, -0.15) is 0 Å². The first-order valence-corrected chi connectivity index (χ1v) is 9.42. The van der Waals surface area contributed by atoms with E-state index in [1.165, 1.54) is 10.4 Å². The number of aryl methyl sites for hydroxylation is 2. The second-order valence-electron chi connectivity index (χ2n) is 7.19. The monoisotopic (exact) mass is 368 g/mol. The number of phenolic OH excluding ortho intramolecular Hbond substituents is 1. The van der Waals surface area contributed by atoms with Crippen LogP contribution in [0.5, 0.6) is 5.75 Å². The number of phenols is 1. The van der Waals surface area contributed by atoms with Crippen molar-refractivity contribution in [1.82, 2.24) is 3.96 Å². The molecule has 128 valence electrons. The second kappa shape index (κ2) is 5.44. The molecule has 5 heteroatoms. The Morgan fingerprint density at radius 1 is 1.08 bits per heavy atom. The van der Waals surface area contributed by atoms with Gasteiger partial charge in [0.25, 0.3) is 0 Å². The first kappa shape index (κ1) is 16.4. The zero-order valence-electron chi connectivity index (χ0n) is 14.7. The van der Waals surface area contributed by atoms with E-state index < -0.39 is 0 Å².